The molecule has 0 spiro atoms. The van der Waals surface area contributed by atoms with E-state index in [4.69, 9.17) is 27.9 Å². The van der Waals surface area contributed by atoms with Crippen LogP contribution in [0.1, 0.15) is 12.5 Å². The molecule has 0 N–H and O–H groups in total. The molecule has 0 saturated carbocycles. The van der Waals surface area contributed by atoms with E-state index in [9.17, 15) is 0 Å². The minimum Gasteiger partial charge on any atom is -0.457 e. The van der Waals surface area contributed by atoms with E-state index < -0.39 is 0 Å². The molecule has 0 aliphatic rings. The van der Waals surface area contributed by atoms with E-state index in [1.54, 1.807) is 18.3 Å². The number of ether oxygens (including phenoxy) is 1. The maximum Gasteiger partial charge on any atom is 0.132 e. The summed E-state index contributed by atoms with van der Waals surface area (Å²) in [7, 11) is 0. The average molecular weight is 268 g/mol. The Hall–Kier alpha value is -1.25. The van der Waals surface area contributed by atoms with Crippen molar-refractivity contribution in [1.29, 1.82) is 0 Å². The molecule has 4 heteroatoms. The van der Waals surface area contributed by atoms with Gasteiger partial charge in [-0.2, -0.15) is 0 Å². The van der Waals surface area contributed by atoms with Crippen LogP contribution in [0.15, 0.2) is 36.5 Å². The van der Waals surface area contributed by atoms with Crippen LogP contribution in [0, 0.1) is 0 Å². The highest BCUT2D eigenvalue weighted by Gasteiger charge is 2.03. The number of hydrogen-bond donors (Lipinski definition) is 0. The van der Waals surface area contributed by atoms with Crippen LogP contribution in [0.3, 0.4) is 0 Å². The molecule has 0 saturated heterocycles. The van der Waals surface area contributed by atoms with Gasteiger partial charge in [0.15, 0.2) is 0 Å². The molecule has 0 aliphatic heterocycles. The van der Waals surface area contributed by atoms with Crippen molar-refractivity contribution in [2.45, 2.75) is 13.3 Å². The Balaban J connectivity index is 2.24. The molecule has 0 amide bonds. The van der Waals surface area contributed by atoms with Crippen molar-refractivity contribution < 1.29 is 4.74 Å². The van der Waals surface area contributed by atoms with Gasteiger partial charge < -0.3 is 4.74 Å². The smallest absolute Gasteiger partial charge is 0.132 e. The van der Waals surface area contributed by atoms with Gasteiger partial charge in [0.05, 0.1) is 0 Å². The number of benzene rings is 1. The summed E-state index contributed by atoms with van der Waals surface area (Å²) >= 11 is 11.8. The highest BCUT2D eigenvalue weighted by molar-refractivity contribution is 6.31. The summed E-state index contributed by atoms with van der Waals surface area (Å²) in [6, 6.07) is 9.01. The molecule has 88 valence electrons. The van der Waals surface area contributed by atoms with Crippen molar-refractivity contribution in [1.82, 2.24) is 4.98 Å². The molecule has 0 aliphatic carbocycles. The first-order valence-electron chi connectivity index (χ1n) is 5.27. The molecule has 0 bridgehead atoms. The Labute approximate surface area is 110 Å². The maximum absolute atomic E-state index is 6.04. The average Bonchev–Trinajstić information content (AvgIpc) is 2.32. The minimum absolute atomic E-state index is 0.409. The van der Waals surface area contributed by atoms with E-state index in [0.717, 1.165) is 22.8 Å². The van der Waals surface area contributed by atoms with Crippen LogP contribution in [-0.4, -0.2) is 4.98 Å². The minimum atomic E-state index is 0.409. The first-order valence-corrected chi connectivity index (χ1v) is 6.02. The summed E-state index contributed by atoms with van der Waals surface area (Å²) in [5.41, 5.74) is 1.06. The number of aryl methyl sites for hydroxylation is 1. The topological polar surface area (TPSA) is 22.1 Å². The molecule has 0 atom stereocenters. The quantitative estimate of drug-likeness (QED) is 0.750. The first-order chi connectivity index (χ1) is 8.19. The van der Waals surface area contributed by atoms with Crippen LogP contribution in [0.4, 0.5) is 0 Å². The Kier molecular flexibility index (Phi) is 3.87. The SMILES string of the molecule is CCc1cc(Oc2ccnc(Cl)c2)ccc1Cl. The number of pyridine rings is 1. The summed E-state index contributed by atoms with van der Waals surface area (Å²) in [4.78, 5) is 3.89. The predicted octanol–water partition coefficient (Wildman–Crippen LogP) is 4.74. The molecule has 0 fully saturated rings. The molecule has 2 rings (SSSR count). The highest BCUT2D eigenvalue weighted by Crippen LogP contribution is 2.27. The van der Waals surface area contributed by atoms with E-state index in [0.29, 0.717) is 10.9 Å². The number of aromatic nitrogens is 1. The third-order valence-corrected chi connectivity index (χ3v) is 2.91. The van der Waals surface area contributed by atoms with Crippen molar-refractivity contribution >= 4 is 23.2 Å². The third-order valence-electron chi connectivity index (χ3n) is 2.33. The summed E-state index contributed by atoms with van der Waals surface area (Å²) in [6.07, 6.45) is 2.47. The maximum atomic E-state index is 6.04. The van der Waals surface area contributed by atoms with Gasteiger partial charge in [-0.05, 0) is 36.2 Å². The Bertz CT molecular complexity index is 529. The molecule has 0 radical (unpaired) electrons. The standard InChI is InChI=1S/C13H11Cl2NO/c1-2-9-7-10(3-4-12(9)14)17-11-5-6-16-13(15)8-11/h3-8H,2H2,1H3. The first kappa shape index (κ1) is 12.2. The zero-order valence-electron chi connectivity index (χ0n) is 9.28. The molecule has 0 unspecified atom stereocenters. The fourth-order valence-electron chi connectivity index (χ4n) is 1.47. The lowest BCUT2D eigenvalue weighted by Crippen LogP contribution is -1.88. The van der Waals surface area contributed by atoms with Crippen LogP contribution in [0.5, 0.6) is 11.5 Å². The monoisotopic (exact) mass is 267 g/mol. The summed E-state index contributed by atoms with van der Waals surface area (Å²) in [6.45, 7) is 2.05. The van der Waals surface area contributed by atoms with E-state index in [1.165, 1.54) is 0 Å². The molecule has 1 heterocycles. The molecule has 2 aromatic rings. The molecule has 1 aromatic carbocycles. The van der Waals surface area contributed by atoms with Crippen LogP contribution in [-0.2, 0) is 6.42 Å². The van der Waals surface area contributed by atoms with Gasteiger partial charge in [0.2, 0.25) is 0 Å². The van der Waals surface area contributed by atoms with Gasteiger partial charge in [0.1, 0.15) is 16.7 Å². The Morgan fingerprint density at radius 2 is 1.88 bits per heavy atom. The van der Waals surface area contributed by atoms with Gasteiger partial charge in [-0.3, -0.25) is 0 Å². The second kappa shape index (κ2) is 5.39. The fraction of sp³-hybridized carbons (Fsp3) is 0.154. The van der Waals surface area contributed by atoms with Gasteiger partial charge in [0, 0.05) is 17.3 Å². The predicted molar refractivity (Wildman–Crippen MR) is 70.2 cm³/mol. The number of nitrogens with zero attached hydrogens (tertiary/aromatic N) is 1. The van der Waals surface area contributed by atoms with E-state index >= 15 is 0 Å². The van der Waals surface area contributed by atoms with E-state index in [1.807, 2.05) is 25.1 Å². The van der Waals surface area contributed by atoms with Crippen LogP contribution >= 0.6 is 23.2 Å². The lowest BCUT2D eigenvalue weighted by Gasteiger charge is -2.08. The molecular formula is C13H11Cl2NO. The largest absolute Gasteiger partial charge is 0.457 e. The van der Waals surface area contributed by atoms with E-state index in [-0.39, 0.29) is 0 Å². The lowest BCUT2D eigenvalue weighted by molar-refractivity contribution is 0.481. The van der Waals surface area contributed by atoms with Gasteiger partial charge >= 0.3 is 0 Å². The molecular weight excluding hydrogens is 257 g/mol. The number of halogens is 2. The van der Waals surface area contributed by atoms with Gasteiger partial charge in [-0.1, -0.05) is 30.1 Å². The number of rotatable bonds is 3. The van der Waals surface area contributed by atoms with Crippen molar-refractivity contribution in [2.24, 2.45) is 0 Å². The zero-order chi connectivity index (χ0) is 12.3. The van der Waals surface area contributed by atoms with Crippen molar-refractivity contribution in [2.75, 3.05) is 0 Å². The van der Waals surface area contributed by atoms with Gasteiger partial charge in [0.25, 0.3) is 0 Å². The van der Waals surface area contributed by atoms with Gasteiger partial charge in [-0.25, -0.2) is 4.98 Å². The van der Waals surface area contributed by atoms with Crippen LogP contribution < -0.4 is 4.74 Å². The molecule has 17 heavy (non-hydrogen) atoms. The summed E-state index contributed by atoms with van der Waals surface area (Å²) in [5.74, 6) is 1.41. The van der Waals surface area contributed by atoms with Crippen molar-refractivity contribution in [3.63, 3.8) is 0 Å². The van der Waals surface area contributed by atoms with Gasteiger partial charge in [-0.15, -0.1) is 0 Å². The Morgan fingerprint density at radius 3 is 2.59 bits per heavy atom. The summed E-state index contributed by atoms with van der Waals surface area (Å²) in [5, 5.41) is 1.17. The second-order valence-electron chi connectivity index (χ2n) is 3.52. The normalized spacial score (nSPS) is 10.3. The zero-order valence-corrected chi connectivity index (χ0v) is 10.8. The van der Waals surface area contributed by atoms with Crippen molar-refractivity contribution in [3.05, 3.63) is 52.3 Å². The molecule has 1 aromatic heterocycles. The van der Waals surface area contributed by atoms with Crippen LogP contribution in [0.25, 0.3) is 0 Å². The Morgan fingerprint density at radius 1 is 1.12 bits per heavy atom. The summed E-state index contributed by atoms with van der Waals surface area (Å²) < 4.78 is 5.67. The highest BCUT2D eigenvalue weighted by atomic mass is 35.5. The fourth-order valence-corrected chi connectivity index (χ4v) is 1.88. The molecule has 2 nitrogen and oxygen atoms in total. The van der Waals surface area contributed by atoms with Crippen molar-refractivity contribution in [3.8, 4) is 11.5 Å². The lowest BCUT2D eigenvalue weighted by atomic mass is 10.1. The second-order valence-corrected chi connectivity index (χ2v) is 4.32. The number of hydrogen-bond acceptors (Lipinski definition) is 2. The van der Waals surface area contributed by atoms with E-state index in [2.05, 4.69) is 4.98 Å². The van der Waals surface area contributed by atoms with Crippen LogP contribution in [0.2, 0.25) is 10.2 Å². The third kappa shape index (κ3) is 3.11.